The average molecular weight is 278 g/mol. The highest BCUT2D eigenvalue weighted by molar-refractivity contribution is 6.00. The third-order valence-electron chi connectivity index (χ3n) is 2.35. The predicted octanol–water partition coefficient (Wildman–Crippen LogP) is 0.903. The molecule has 1 aromatic carbocycles. The number of carbonyl (C=O) groups is 1. The van der Waals surface area contributed by atoms with Gasteiger partial charge in [0.05, 0.1) is 12.7 Å². The first-order chi connectivity index (χ1) is 9.51. The highest BCUT2D eigenvalue weighted by Crippen LogP contribution is 2.30. The van der Waals surface area contributed by atoms with Crippen molar-refractivity contribution in [3.63, 3.8) is 0 Å². The van der Waals surface area contributed by atoms with Crippen molar-refractivity contribution in [1.29, 1.82) is 0 Å². The minimum atomic E-state index is -0.754. The first kappa shape index (κ1) is 13.5. The number of methoxy groups -OCH3 is 1. The topological polar surface area (TPSA) is 117 Å². The number of ether oxygens (including phenoxy) is 1. The van der Waals surface area contributed by atoms with Gasteiger partial charge in [-0.05, 0) is 18.2 Å². The number of nitrogens with zero attached hydrogens (tertiary/aromatic N) is 2. The Kier molecular flexibility index (Phi) is 3.65. The summed E-state index contributed by atoms with van der Waals surface area (Å²) in [5.74, 6) is -1.25. The maximum atomic E-state index is 13.3. The Morgan fingerprint density at radius 3 is 2.85 bits per heavy atom. The second-order valence-electron chi connectivity index (χ2n) is 3.72. The lowest BCUT2D eigenvalue weighted by Gasteiger charge is -2.04. The monoisotopic (exact) mass is 278 g/mol. The van der Waals surface area contributed by atoms with Crippen LogP contribution in [0.15, 0.2) is 33.9 Å². The molecule has 0 atom stereocenters. The molecule has 0 unspecified atom stereocenters. The Bertz CT molecular complexity index is 677. The summed E-state index contributed by atoms with van der Waals surface area (Å²) in [4.78, 5) is 18.8. The van der Waals surface area contributed by atoms with E-state index in [1.807, 2.05) is 0 Å². The molecule has 8 heteroatoms. The second kappa shape index (κ2) is 5.39. The van der Waals surface area contributed by atoms with Gasteiger partial charge in [-0.15, -0.1) is 0 Å². The van der Waals surface area contributed by atoms with Crippen LogP contribution in [-0.2, 0) is 0 Å². The van der Waals surface area contributed by atoms with Gasteiger partial charge >= 0.3 is 5.91 Å². The fourth-order valence-electron chi connectivity index (χ4n) is 1.52. The normalized spacial score (nSPS) is 10.1. The van der Waals surface area contributed by atoms with Gasteiger partial charge in [-0.3, -0.25) is 4.79 Å². The first-order valence-electron chi connectivity index (χ1n) is 5.44. The Balaban J connectivity index is 2.41. The number of aliphatic imine (C=N–C) groups is 1. The van der Waals surface area contributed by atoms with Crippen molar-refractivity contribution >= 4 is 11.9 Å². The molecule has 2 aromatic rings. The molecule has 0 saturated heterocycles. The lowest BCUT2D eigenvalue weighted by molar-refractivity contribution is 0.0998. The summed E-state index contributed by atoms with van der Waals surface area (Å²) in [7, 11) is 1.42. The molecule has 0 fully saturated rings. The van der Waals surface area contributed by atoms with E-state index in [9.17, 15) is 9.18 Å². The van der Waals surface area contributed by atoms with Gasteiger partial charge in [0.25, 0.3) is 0 Å². The third kappa shape index (κ3) is 2.74. The quantitative estimate of drug-likeness (QED) is 0.636. The van der Waals surface area contributed by atoms with Crippen LogP contribution in [0.5, 0.6) is 5.75 Å². The van der Waals surface area contributed by atoms with E-state index in [4.69, 9.17) is 20.6 Å². The van der Waals surface area contributed by atoms with Gasteiger partial charge < -0.3 is 20.6 Å². The van der Waals surface area contributed by atoms with Gasteiger partial charge in [-0.2, -0.15) is 4.99 Å². The van der Waals surface area contributed by atoms with Crippen LogP contribution in [0.3, 0.4) is 0 Å². The lowest BCUT2D eigenvalue weighted by atomic mass is 10.2. The highest BCUT2D eigenvalue weighted by Gasteiger charge is 2.16. The van der Waals surface area contributed by atoms with Crippen LogP contribution in [0.25, 0.3) is 11.5 Å². The fraction of sp³-hybridized carbons (Fsp3) is 0.0833. The molecule has 2 rings (SSSR count). The van der Waals surface area contributed by atoms with Crippen molar-refractivity contribution in [1.82, 2.24) is 4.98 Å². The van der Waals surface area contributed by atoms with E-state index in [2.05, 4.69) is 9.98 Å². The van der Waals surface area contributed by atoms with E-state index < -0.39 is 11.7 Å². The number of hydrogen-bond acceptors (Lipinski definition) is 4. The molecular formula is C12H11FN4O3. The summed E-state index contributed by atoms with van der Waals surface area (Å²) in [6.07, 6.45) is 1.08. The fourth-order valence-corrected chi connectivity index (χ4v) is 1.52. The number of aromatic nitrogens is 1. The van der Waals surface area contributed by atoms with E-state index in [1.165, 1.54) is 25.3 Å². The Labute approximate surface area is 113 Å². The van der Waals surface area contributed by atoms with Crippen LogP contribution in [0.1, 0.15) is 10.5 Å². The summed E-state index contributed by atoms with van der Waals surface area (Å²) in [6.45, 7) is 0. The van der Waals surface area contributed by atoms with Crippen LogP contribution in [-0.4, -0.2) is 24.0 Å². The number of benzene rings is 1. The minimum Gasteiger partial charge on any atom is -0.496 e. The van der Waals surface area contributed by atoms with Gasteiger partial charge in [0, 0.05) is 0 Å². The number of amides is 1. The van der Waals surface area contributed by atoms with Gasteiger partial charge in [-0.25, -0.2) is 9.37 Å². The maximum absolute atomic E-state index is 13.3. The summed E-state index contributed by atoms with van der Waals surface area (Å²) >= 11 is 0. The van der Waals surface area contributed by atoms with Crippen molar-refractivity contribution in [3.05, 3.63) is 36.0 Å². The number of halogens is 1. The van der Waals surface area contributed by atoms with Crippen LogP contribution in [0.2, 0.25) is 0 Å². The Morgan fingerprint density at radius 1 is 1.45 bits per heavy atom. The Morgan fingerprint density at radius 2 is 2.20 bits per heavy atom. The maximum Gasteiger partial charge on any atom is 0.302 e. The number of rotatable bonds is 3. The van der Waals surface area contributed by atoms with E-state index >= 15 is 0 Å². The van der Waals surface area contributed by atoms with Crippen LogP contribution in [0.4, 0.5) is 4.39 Å². The SMILES string of the molecule is COc1ccc(F)cc1-c1nc(C(=O)N=C(N)N)co1. The summed E-state index contributed by atoms with van der Waals surface area (Å²) < 4.78 is 23.5. The lowest BCUT2D eigenvalue weighted by Crippen LogP contribution is -2.24. The smallest absolute Gasteiger partial charge is 0.302 e. The third-order valence-corrected chi connectivity index (χ3v) is 2.35. The second-order valence-corrected chi connectivity index (χ2v) is 3.72. The molecule has 1 aromatic heterocycles. The molecule has 4 N–H and O–H groups in total. The summed E-state index contributed by atoms with van der Waals surface area (Å²) in [5.41, 5.74) is 10.4. The molecule has 0 spiro atoms. The highest BCUT2D eigenvalue weighted by atomic mass is 19.1. The van der Waals surface area contributed by atoms with E-state index in [1.54, 1.807) is 0 Å². The van der Waals surface area contributed by atoms with Gasteiger partial charge in [0.15, 0.2) is 11.7 Å². The number of guanidine groups is 1. The van der Waals surface area contributed by atoms with E-state index in [0.29, 0.717) is 5.75 Å². The van der Waals surface area contributed by atoms with Crippen molar-refractivity contribution < 1.29 is 18.3 Å². The zero-order chi connectivity index (χ0) is 14.7. The molecule has 104 valence electrons. The van der Waals surface area contributed by atoms with Crippen LogP contribution >= 0.6 is 0 Å². The first-order valence-corrected chi connectivity index (χ1v) is 5.44. The van der Waals surface area contributed by atoms with E-state index in [-0.39, 0.29) is 23.1 Å². The molecule has 1 amide bonds. The molecule has 0 radical (unpaired) electrons. The number of nitrogens with two attached hydrogens (primary N) is 2. The van der Waals surface area contributed by atoms with Gasteiger partial charge in [-0.1, -0.05) is 0 Å². The molecule has 20 heavy (non-hydrogen) atoms. The molecule has 0 bridgehead atoms. The van der Waals surface area contributed by atoms with Crippen LogP contribution < -0.4 is 16.2 Å². The van der Waals surface area contributed by atoms with Crippen molar-refractivity contribution in [3.8, 4) is 17.2 Å². The molecule has 0 aliphatic carbocycles. The van der Waals surface area contributed by atoms with Gasteiger partial charge in [0.1, 0.15) is 17.8 Å². The summed E-state index contributed by atoms with van der Waals surface area (Å²) in [5, 5.41) is 0. The molecule has 0 saturated carbocycles. The number of hydrogen-bond donors (Lipinski definition) is 2. The Hall–Kier alpha value is -2.90. The molecular weight excluding hydrogens is 267 g/mol. The molecule has 0 aliphatic rings. The van der Waals surface area contributed by atoms with Crippen molar-refractivity contribution in [2.45, 2.75) is 0 Å². The minimum absolute atomic E-state index is 0.0236. The van der Waals surface area contributed by atoms with Crippen LogP contribution in [0, 0.1) is 5.82 Å². The average Bonchev–Trinajstić information content (AvgIpc) is 2.87. The number of carbonyl (C=O) groups excluding carboxylic acids is 1. The van der Waals surface area contributed by atoms with Crippen molar-refractivity contribution in [2.24, 2.45) is 16.5 Å². The number of oxazole rings is 1. The zero-order valence-electron chi connectivity index (χ0n) is 10.5. The zero-order valence-corrected chi connectivity index (χ0v) is 10.5. The summed E-state index contributed by atoms with van der Waals surface area (Å²) in [6, 6.07) is 3.84. The standard InChI is InChI=1S/C12H11FN4O3/c1-19-9-3-2-6(13)4-7(9)11-16-8(5-20-11)10(18)17-12(14)15/h2-5H,1H3,(H4,14,15,17,18). The predicted molar refractivity (Wildman–Crippen MR) is 68.6 cm³/mol. The molecule has 0 aliphatic heterocycles. The largest absolute Gasteiger partial charge is 0.496 e. The van der Waals surface area contributed by atoms with E-state index in [0.717, 1.165) is 6.26 Å². The molecule has 7 nitrogen and oxygen atoms in total. The van der Waals surface area contributed by atoms with Crippen molar-refractivity contribution in [2.75, 3.05) is 7.11 Å². The molecule has 1 heterocycles. The van der Waals surface area contributed by atoms with Gasteiger partial charge in [0.2, 0.25) is 5.89 Å².